The summed E-state index contributed by atoms with van der Waals surface area (Å²) < 4.78 is 44.8. The van der Waals surface area contributed by atoms with Gasteiger partial charge < -0.3 is 21.9 Å². The van der Waals surface area contributed by atoms with Crippen LogP contribution in [0.25, 0.3) is 0 Å². The molecule has 0 aliphatic heterocycles. The van der Waals surface area contributed by atoms with Crippen LogP contribution < -0.4 is 21.9 Å². The fourth-order valence-electron chi connectivity index (χ4n) is 2.47. The molecular weight excluding hydrogens is 417 g/mol. The molecule has 0 radical (unpaired) electrons. The number of sulfonamides is 1. The molecule has 12 heteroatoms. The minimum Gasteiger partial charge on any atom is -0.454 e. The lowest BCUT2D eigenvalue weighted by Crippen LogP contribution is -2.46. The molecule has 0 saturated carbocycles. The van der Waals surface area contributed by atoms with E-state index in [1.165, 1.54) is 0 Å². The smallest absolute Gasteiger partial charge is 0.265 e. The van der Waals surface area contributed by atoms with Crippen molar-refractivity contribution in [1.29, 1.82) is 0 Å². The lowest BCUT2D eigenvalue weighted by molar-refractivity contribution is -0.131. The van der Waals surface area contributed by atoms with Gasteiger partial charge in [-0.2, -0.15) is 0 Å². The van der Waals surface area contributed by atoms with Crippen LogP contribution in [0.15, 0.2) is 58.4 Å². The highest BCUT2D eigenvalue weighted by molar-refractivity contribution is 7.89. The van der Waals surface area contributed by atoms with Crippen LogP contribution in [0, 0.1) is 5.82 Å². The Morgan fingerprint density at radius 1 is 1.17 bits per heavy atom. The number of nitrogens with two attached hydrogens (primary N) is 3. The third-order valence-electron chi connectivity index (χ3n) is 3.94. The fraction of sp³-hybridized carbons (Fsp3) is 0.222. The van der Waals surface area contributed by atoms with Crippen molar-refractivity contribution in [3.63, 3.8) is 0 Å². The third-order valence-corrected chi connectivity index (χ3v) is 5.54. The summed E-state index contributed by atoms with van der Waals surface area (Å²) in [4.78, 5) is 14.8. The van der Waals surface area contributed by atoms with Crippen LogP contribution in [0.4, 0.5) is 4.39 Å². The molecule has 0 heterocycles. The predicted molar refractivity (Wildman–Crippen MR) is 107 cm³/mol. The molecule has 2 rings (SSSR count). The lowest BCUT2D eigenvalue weighted by Gasteiger charge is -2.23. The van der Waals surface area contributed by atoms with E-state index in [1.54, 1.807) is 30.3 Å². The average Bonchev–Trinajstić information content (AvgIpc) is 2.69. The summed E-state index contributed by atoms with van der Waals surface area (Å²) >= 11 is 0. The van der Waals surface area contributed by atoms with Crippen molar-refractivity contribution in [2.24, 2.45) is 22.2 Å². The molecule has 10 nitrogen and oxygen atoms in total. The van der Waals surface area contributed by atoms with Crippen LogP contribution in [0.1, 0.15) is 12.8 Å². The Labute approximate surface area is 172 Å². The van der Waals surface area contributed by atoms with Gasteiger partial charge in [-0.05, 0) is 43.2 Å². The highest BCUT2D eigenvalue weighted by atomic mass is 32.2. The van der Waals surface area contributed by atoms with Crippen molar-refractivity contribution in [2.75, 3.05) is 6.54 Å². The van der Waals surface area contributed by atoms with Gasteiger partial charge in [0.05, 0.1) is 4.90 Å². The molecule has 0 aliphatic carbocycles. The maximum Gasteiger partial charge on any atom is 0.265 e. The number of hydrogen-bond acceptors (Lipinski definition) is 6. The number of aliphatic imine (C=N–C) groups is 1. The maximum atomic E-state index is 14.4. The highest BCUT2D eigenvalue weighted by Crippen LogP contribution is 2.28. The second-order valence-electron chi connectivity index (χ2n) is 6.15. The summed E-state index contributed by atoms with van der Waals surface area (Å²) in [5, 5.41) is 10.2. The van der Waals surface area contributed by atoms with E-state index in [0.29, 0.717) is 11.8 Å². The number of halogens is 1. The number of rotatable bonds is 10. The first-order chi connectivity index (χ1) is 14.1. The van der Waals surface area contributed by atoms with Gasteiger partial charge in [0.25, 0.3) is 10.0 Å². The predicted octanol–water partition coefficient (Wildman–Crippen LogP) is 0.905. The van der Waals surface area contributed by atoms with Crippen molar-refractivity contribution in [2.45, 2.75) is 23.8 Å². The topological polar surface area (TPSA) is 174 Å². The zero-order valence-electron chi connectivity index (χ0n) is 15.8. The molecule has 0 fully saturated rings. The number of para-hydroxylation sites is 1. The zero-order chi connectivity index (χ0) is 22.3. The molecule has 30 heavy (non-hydrogen) atoms. The van der Waals surface area contributed by atoms with Crippen LogP contribution in [0.5, 0.6) is 11.5 Å². The van der Waals surface area contributed by atoms with Crippen molar-refractivity contribution in [3.8, 4) is 11.5 Å². The average molecular weight is 439 g/mol. The SMILES string of the molecule is NC(=O)[C@@H](CCCN=C(N)N)N(O)S(=O)(=O)c1ccc(Oc2ccccc2)c(F)c1. The summed E-state index contributed by atoms with van der Waals surface area (Å²) in [5.41, 5.74) is 15.6. The summed E-state index contributed by atoms with van der Waals surface area (Å²) in [7, 11) is -4.64. The highest BCUT2D eigenvalue weighted by Gasteiger charge is 2.34. The zero-order valence-corrected chi connectivity index (χ0v) is 16.6. The minimum atomic E-state index is -4.64. The molecule has 2 aromatic carbocycles. The number of hydroxylamine groups is 1. The molecular formula is C18H22FN5O5S. The number of guanidine groups is 1. The van der Waals surface area contributed by atoms with E-state index >= 15 is 0 Å². The fourth-order valence-corrected chi connectivity index (χ4v) is 3.72. The second kappa shape index (κ2) is 10.0. The summed E-state index contributed by atoms with van der Waals surface area (Å²) in [6.07, 6.45) is 0.00975. The van der Waals surface area contributed by atoms with Crippen LogP contribution in [-0.2, 0) is 14.8 Å². The lowest BCUT2D eigenvalue weighted by atomic mass is 10.1. The molecule has 1 atom stereocenters. The van der Waals surface area contributed by atoms with Gasteiger partial charge in [0.2, 0.25) is 5.91 Å². The number of ether oxygens (including phenoxy) is 1. The Bertz CT molecular complexity index is 1010. The van der Waals surface area contributed by atoms with Crippen LogP contribution in [-0.4, -0.2) is 42.5 Å². The molecule has 0 saturated heterocycles. The van der Waals surface area contributed by atoms with Gasteiger partial charge in [0.1, 0.15) is 11.8 Å². The van der Waals surface area contributed by atoms with Crippen LogP contribution in [0.3, 0.4) is 0 Å². The largest absolute Gasteiger partial charge is 0.454 e. The van der Waals surface area contributed by atoms with Gasteiger partial charge in [-0.3, -0.25) is 15.0 Å². The molecule has 1 amide bonds. The Kier molecular flexibility index (Phi) is 7.69. The van der Waals surface area contributed by atoms with Crippen LogP contribution in [0.2, 0.25) is 0 Å². The Morgan fingerprint density at radius 3 is 2.40 bits per heavy atom. The third kappa shape index (κ3) is 5.89. The molecule has 2 aromatic rings. The van der Waals surface area contributed by atoms with Gasteiger partial charge in [0.15, 0.2) is 17.5 Å². The van der Waals surface area contributed by atoms with Crippen molar-refractivity contribution in [3.05, 3.63) is 54.3 Å². The normalized spacial score (nSPS) is 12.4. The molecule has 162 valence electrons. The summed E-state index contributed by atoms with van der Waals surface area (Å²) in [6.45, 7) is 0.0974. The first-order valence-corrected chi connectivity index (χ1v) is 10.2. The van der Waals surface area contributed by atoms with Crippen molar-refractivity contribution in [1.82, 2.24) is 4.47 Å². The molecule has 0 aliphatic rings. The number of nitrogens with zero attached hydrogens (tertiary/aromatic N) is 2. The molecule has 0 unspecified atom stereocenters. The molecule has 7 N–H and O–H groups in total. The van der Waals surface area contributed by atoms with Gasteiger partial charge >= 0.3 is 0 Å². The van der Waals surface area contributed by atoms with Crippen molar-refractivity contribution < 1.29 is 27.5 Å². The van der Waals surface area contributed by atoms with E-state index in [9.17, 15) is 22.8 Å². The number of amides is 1. The first-order valence-electron chi connectivity index (χ1n) is 8.73. The Balaban J connectivity index is 2.20. The number of hydrogen-bond donors (Lipinski definition) is 4. The van der Waals surface area contributed by atoms with Gasteiger partial charge in [-0.15, -0.1) is 0 Å². The molecule has 0 spiro atoms. The van der Waals surface area contributed by atoms with Gasteiger partial charge in [0, 0.05) is 6.54 Å². The quantitative estimate of drug-likeness (QED) is 0.184. The Hall–Kier alpha value is -3.22. The van der Waals surface area contributed by atoms with E-state index in [4.69, 9.17) is 21.9 Å². The van der Waals surface area contributed by atoms with Gasteiger partial charge in [-0.25, -0.2) is 12.8 Å². The van der Waals surface area contributed by atoms with Crippen LogP contribution >= 0.6 is 0 Å². The van der Waals surface area contributed by atoms with Gasteiger partial charge in [-0.1, -0.05) is 22.7 Å². The number of benzene rings is 2. The maximum absolute atomic E-state index is 14.4. The second-order valence-corrected chi connectivity index (χ2v) is 7.95. The standard InChI is InChI=1S/C18H22FN5O5S/c19-14-11-13(8-9-16(14)29-12-5-2-1-3-6-12)30(27,28)24(26)15(17(20)25)7-4-10-23-18(21)22/h1-3,5-6,8-9,11,15,26H,4,7,10H2,(H2,20,25)(H4,21,22,23)/t15-/m1/s1. The van der Waals surface area contributed by atoms with E-state index in [0.717, 1.165) is 12.1 Å². The van der Waals surface area contributed by atoms with E-state index in [1.807, 2.05) is 0 Å². The van der Waals surface area contributed by atoms with E-state index in [-0.39, 0.29) is 35.6 Å². The van der Waals surface area contributed by atoms with E-state index in [2.05, 4.69) is 4.99 Å². The van der Waals surface area contributed by atoms with Crippen molar-refractivity contribution >= 4 is 21.9 Å². The number of primary amides is 1. The Morgan fingerprint density at radius 2 is 1.83 bits per heavy atom. The number of carbonyl (C=O) groups is 1. The molecule has 0 aromatic heterocycles. The number of carbonyl (C=O) groups excluding carboxylic acids is 1. The molecule has 0 bridgehead atoms. The van der Waals surface area contributed by atoms with E-state index < -0.39 is 32.7 Å². The summed E-state index contributed by atoms with van der Waals surface area (Å²) in [5.74, 6) is -2.10. The minimum absolute atomic E-state index is 0.0974. The first kappa shape index (κ1) is 23.1. The monoisotopic (exact) mass is 439 g/mol. The summed E-state index contributed by atoms with van der Waals surface area (Å²) in [6, 6.07) is 9.54.